The zero-order chi connectivity index (χ0) is 22.5. The van der Waals surface area contributed by atoms with E-state index in [0.29, 0.717) is 32.9 Å². The van der Waals surface area contributed by atoms with E-state index in [1.54, 1.807) is 18.2 Å². The summed E-state index contributed by atoms with van der Waals surface area (Å²) in [4.78, 5) is 13.1. The summed E-state index contributed by atoms with van der Waals surface area (Å²) in [5.74, 6) is 0.744. The van der Waals surface area contributed by atoms with Crippen LogP contribution in [-0.4, -0.2) is 32.8 Å². The summed E-state index contributed by atoms with van der Waals surface area (Å²) in [6.07, 6.45) is 1.94. The Kier molecular flexibility index (Phi) is 8.16. The van der Waals surface area contributed by atoms with Crippen molar-refractivity contribution >= 4 is 34.7 Å². The number of ketones is 1. The van der Waals surface area contributed by atoms with Gasteiger partial charge in [0.05, 0.1) is 37.1 Å². The van der Waals surface area contributed by atoms with E-state index in [9.17, 15) is 4.79 Å². The van der Waals surface area contributed by atoms with Gasteiger partial charge in [0, 0.05) is 12.0 Å². The lowest BCUT2D eigenvalue weighted by Gasteiger charge is -2.30. The van der Waals surface area contributed by atoms with Crippen molar-refractivity contribution in [3.8, 4) is 17.2 Å². The zero-order valence-electron chi connectivity index (χ0n) is 17.9. The van der Waals surface area contributed by atoms with Crippen molar-refractivity contribution in [2.75, 3.05) is 21.3 Å². The quantitative estimate of drug-likeness (QED) is 0.336. The minimum absolute atomic E-state index is 0.00806. The first-order valence-electron chi connectivity index (χ1n) is 9.58. The van der Waals surface area contributed by atoms with Crippen LogP contribution in [0.1, 0.15) is 49.0 Å². The minimum Gasteiger partial charge on any atom is -0.493 e. The van der Waals surface area contributed by atoms with Gasteiger partial charge in [0.15, 0.2) is 11.5 Å². The molecule has 1 unspecified atom stereocenters. The third kappa shape index (κ3) is 5.08. The van der Waals surface area contributed by atoms with E-state index in [-0.39, 0.29) is 12.1 Å². The van der Waals surface area contributed by atoms with E-state index in [4.69, 9.17) is 42.8 Å². The van der Waals surface area contributed by atoms with Crippen molar-refractivity contribution in [3.63, 3.8) is 0 Å². The molecule has 0 spiro atoms. The molecule has 0 saturated heterocycles. The minimum atomic E-state index is -0.434. The molecule has 0 fully saturated rings. The van der Waals surface area contributed by atoms with Crippen LogP contribution in [-0.2, 0) is 5.41 Å². The summed E-state index contributed by atoms with van der Waals surface area (Å²) < 4.78 is 16.0. The maximum Gasteiger partial charge on any atom is 0.206 e. The molecule has 0 heterocycles. The van der Waals surface area contributed by atoms with Gasteiger partial charge in [-0.2, -0.15) is 0 Å². The number of rotatable bonds is 10. The average Bonchev–Trinajstić information content (AvgIpc) is 2.73. The number of hydrogen-bond acceptors (Lipinski definition) is 5. The molecule has 2 aromatic carbocycles. The van der Waals surface area contributed by atoms with Crippen molar-refractivity contribution in [1.82, 2.24) is 0 Å². The number of hydrogen-bond donors (Lipinski definition) is 1. The van der Waals surface area contributed by atoms with Crippen LogP contribution >= 0.6 is 23.2 Å². The molecule has 0 amide bonds. The normalized spacial score (nSPS) is 12.8. The largest absolute Gasteiger partial charge is 0.493 e. The van der Waals surface area contributed by atoms with E-state index >= 15 is 0 Å². The summed E-state index contributed by atoms with van der Waals surface area (Å²) in [7, 11) is 4.47. The molecule has 162 valence electrons. The zero-order valence-corrected chi connectivity index (χ0v) is 19.4. The number of benzene rings is 2. The predicted octanol–water partition coefficient (Wildman–Crippen LogP) is 6.37. The summed E-state index contributed by atoms with van der Waals surface area (Å²) >= 11 is 12.3. The Labute approximate surface area is 187 Å². The second-order valence-electron chi connectivity index (χ2n) is 7.34. The third-order valence-electron chi connectivity index (χ3n) is 5.19. The first-order chi connectivity index (χ1) is 14.2. The lowest BCUT2D eigenvalue weighted by atomic mass is 9.74. The summed E-state index contributed by atoms with van der Waals surface area (Å²) in [6, 6.07) is 8.60. The number of carbonyl (C=O) groups excluding carboxylic acids is 1. The van der Waals surface area contributed by atoms with Crippen LogP contribution in [0.5, 0.6) is 17.2 Å². The fourth-order valence-electron chi connectivity index (χ4n) is 3.61. The third-order valence-corrected chi connectivity index (χ3v) is 5.93. The Morgan fingerprint density at radius 2 is 1.60 bits per heavy atom. The number of carbonyl (C=O) groups is 1. The number of methoxy groups -OCH3 is 3. The van der Waals surface area contributed by atoms with Gasteiger partial charge in [-0.15, -0.1) is 0 Å². The highest BCUT2D eigenvalue weighted by Crippen LogP contribution is 2.40. The van der Waals surface area contributed by atoms with Crippen LogP contribution in [0.2, 0.25) is 10.0 Å². The Morgan fingerprint density at radius 1 is 1.00 bits per heavy atom. The second kappa shape index (κ2) is 10.2. The average molecular weight is 452 g/mol. The monoisotopic (exact) mass is 451 g/mol. The lowest BCUT2D eigenvalue weighted by Crippen LogP contribution is -2.29. The van der Waals surface area contributed by atoms with Gasteiger partial charge < -0.3 is 19.6 Å². The predicted molar refractivity (Wildman–Crippen MR) is 121 cm³/mol. The molecule has 0 aliphatic heterocycles. The number of nitrogens with one attached hydrogen (secondary N) is 1. The fraction of sp³-hybridized carbons (Fsp3) is 0.391. The van der Waals surface area contributed by atoms with Gasteiger partial charge in [-0.1, -0.05) is 49.5 Å². The van der Waals surface area contributed by atoms with Crippen LogP contribution in [0.15, 0.2) is 30.3 Å². The molecule has 5 nitrogen and oxygen atoms in total. The van der Waals surface area contributed by atoms with Crippen LogP contribution < -0.4 is 14.2 Å². The molecule has 0 aromatic heterocycles. The van der Waals surface area contributed by atoms with Gasteiger partial charge in [-0.05, 0) is 41.7 Å². The van der Waals surface area contributed by atoms with E-state index in [1.807, 2.05) is 19.1 Å². The molecule has 1 atom stereocenters. The fourth-order valence-corrected chi connectivity index (χ4v) is 3.91. The number of halogens is 2. The Bertz CT molecular complexity index is 920. The molecule has 0 aliphatic carbocycles. The van der Waals surface area contributed by atoms with Crippen molar-refractivity contribution in [2.45, 2.75) is 38.5 Å². The molecule has 0 aliphatic rings. The van der Waals surface area contributed by atoms with Crippen molar-refractivity contribution < 1.29 is 19.0 Å². The van der Waals surface area contributed by atoms with E-state index in [0.717, 1.165) is 18.4 Å². The van der Waals surface area contributed by atoms with E-state index in [2.05, 4.69) is 6.92 Å². The van der Waals surface area contributed by atoms with Crippen molar-refractivity contribution in [3.05, 3.63) is 51.5 Å². The molecule has 0 radical (unpaired) electrons. The summed E-state index contributed by atoms with van der Waals surface area (Å²) in [6.45, 7) is 4.10. The SMILES string of the molecule is CCCC(C)(CC(=N)C(=O)c1cc(OC)c(OC)c(OC)c1)c1ccc(Cl)c(Cl)c1. The molecule has 0 saturated carbocycles. The molecule has 2 rings (SSSR count). The smallest absolute Gasteiger partial charge is 0.206 e. The Morgan fingerprint density at radius 3 is 2.07 bits per heavy atom. The maximum atomic E-state index is 13.1. The topological polar surface area (TPSA) is 68.6 Å². The van der Waals surface area contributed by atoms with Crippen LogP contribution in [0.3, 0.4) is 0 Å². The van der Waals surface area contributed by atoms with Gasteiger partial charge in [0.25, 0.3) is 0 Å². The van der Waals surface area contributed by atoms with Gasteiger partial charge >= 0.3 is 0 Å². The van der Waals surface area contributed by atoms with Crippen molar-refractivity contribution in [1.29, 1.82) is 5.41 Å². The van der Waals surface area contributed by atoms with E-state index in [1.165, 1.54) is 21.3 Å². The highest BCUT2D eigenvalue weighted by molar-refractivity contribution is 6.45. The molecule has 2 aromatic rings. The first-order valence-corrected chi connectivity index (χ1v) is 10.3. The molecule has 30 heavy (non-hydrogen) atoms. The summed E-state index contributed by atoms with van der Waals surface area (Å²) in [5, 5.41) is 9.48. The molecular formula is C23H27Cl2NO4. The first kappa shape index (κ1) is 24.0. The number of ether oxygens (including phenoxy) is 3. The van der Waals surface area contributed by atoms with Gasteiger partial charge in [0.1, 0.15) is 0 Å². The molecular weight excluding hydrogens is 425 g/mol. The number of Topliss-reactive ketones (excluding diaryl/α,β-unsaturated/α-hetero) is 1. The van der Waals surface area contributed by atoms with Crippen LogP contribution in [0.4, 0.5) is 0 Å². The highest BCUT2D eigenvalue weighted by atomic mass is 35.5. The standard InChI is InChI=1S/C23H27Cl2NO4/c1-6-9-23(2,15-7-8-16(24)17(25)12-15)13-18(26)21(27)14-10-19(28-3)22(30-5)20(11-14)29-4/h7-8,10-12,26H,6,9,13H2,1-5H3. The molecule has 7 heteroatoms. The Balaban J connectivity index is 2.38. The van der Waals surface area contributed by atoms with Crippen molar-refractivity contribution in [2.24, 2.45) is 0 Å². The lowest BCUT2D eigenvalue weighted by molar-refractivity contribution is 0.106. The van der Waals surface area contributed by atoms with Gasteiger partial charge in [-0.25, -0.2) is 0 Å². The second-order valence-corrected chi connectivity index (χ2v) is 8.15. The summed E-state index contributed by atoms with van der Waals surface area (Å²) in [5.41, 5.74) is 0.811. The highest BCUT2D eigenvalue weighted by Gasteiger charge is 2.31. The molecule has 0 bridgehead atoms. The maximum absolute atomic E-state index is 13.1. The van der Waals surface area contributed by atoms with Gasteiger partial charge in [-0.3, -0.25) is 4.79 Å². The van der Waals surface area contributed by atoms with Gasteiger partial charge in [0.2, 0.25) is 11.5 Å². The van der Waals surface area contributed by atoms with Crippen LogP contribution in [0, 0.1) is 5.41 Å². The molecule has 1 N–H and O–H groups in total. The van der Waals surface area contributed by atoms with E-state index < -0.39 is 11.2 Å². The van der Waals surface area contributed by atoms with Crippen LogP contribution in [0.25, 0.3) is 0 Å². The Hall–Kier alpha value is -2.24.